The number of rotatable bonds is 5. The summed E-state index contributed by atoms with van der Waals surface area (Å²) >= 11 is 0. The number of nitrogens with two attached hydrogens (primary N) is 1. The Hall–Kier alpha value is -1.60. The van der Waals surface area contributed by atoms with Gasteiger partial charge >= 0.3 is 0 Å². The molecule has 6 nitrogen and oxygen atoms in total. The SMILES string of the molecule is CS(=O)(=O)Nc1ccc(C(=O)NCCN)cc1. The summed E-state index contributed by atoms with van der Waals surface area (Å²) in [4.78, 5) is 11.5. The molecule has 17 heavy (non-hydrogen) atoms. The third-order valence-corrected chi connectivity index (χ3v) is 2.49. The maximum atomic E-state index is 11.5. The lowest BCUT2D eigenvalue weighted by atomic mass is 10.2. The van der Waals surface area contributed by atoms with Crippen molar-refractivity contribution >= 4 is 21.6 Å². The second kappa shape index (κ2) is 5.65. The summed E-state index contributed by atoms with van der Waals surface area (Å²) in [6, 6.07) is 6.13. The molecule has 0 aliphatic rings. The molecule has 1 amide bonds. The summed E-state index contributed by atoms with van der Waals surface area (Å²) in [6.07, 6.45) is 1.06. The first-order valence-corrected chi connectivity index (χ1v) is 6.87. The summed E-state index contributed by atoms with van der Waals surface area (Å²) in [6.45, 7) is 0.779. The molecular weight excluding hydrogens is 242 g/mol. The minimum absolute atomic E-state index is 0.235. The van der Waals surface area contributed by atoms with E-state index in [0.717, 1.165) is 6.26 Å². The lowest BCUT2D eigenvalue weighted by molar-refractivity contribution is 0.0955. The van der Waals surface area contributed by atoms with Crippen LogP contribution in [-0.4, -0.2) is 33.7 Å². The van der Waals surface area contributed by atoms with Crippen LogP contribution in [0.25, 0.3) is 0 Å². The van der Waals surface area contributed by atoms with Crippen LogP contribution in [0.2, 0.25) is 0 Å². The quantitative estimate of drug-likeness (QED) is 0.676. The van der Waals surface area contributed by atoms with Gasteiger partial charge in [-0.1, -0.05) is 0 Å². The van der Waals surface area contributed by atoms with Crippen molar-refractivity contribution in [2.24, 2.45) is 5.73 Å². The maximum Gasteiger partial charge on any atom is 0.251 e. The van der Waals surface area contributed by atoms with Crippen molar-refractivity contribution in [2.75, 3.05) is 24.1 Å². The molecule has 0 saturated heterocycles. The second-order valence-electron chi connectivity index (χ2n) is 3.50. The van der Waals surface area contributed by atoms with Gasteiger partial charge in [0.05, 0.1) is 6.26 Å². The highest BCUT2D eigenvalue weighted by Gasteiger charge is 2.05. The highest BCUT2D eigenvalue weighted by Crippen LogP contribution is 2.10. The Morgan fingerprint density at radius 1 is 1.29 bits per heavy atom. The number of anilines is 1. The number of nitrogens with one attached hydrogen (secondary N) is 2. The van der Waals surface area contributed by atoms with Crippen molar-refractivity contribution in [2.45, 2.75) is 0 Å². The minimum atomic E-state index is -3.29. The van der Waals surface area contributed by atoms with Gasteiger partial charge in [0.1, 0.15) is 0 Å². The van der Waals surface area contributed by atoms with Crippen LogP contribution in [0.4, 0.5) is 5.69 Å². The second-order valence-corrected chi connectivity index (χ2v) is 5.24. The standard InChI is InChI=1S/C10H15N3O3S/c1-17(15,16)13-9-4-2-8(3-5-9)10(14)12-7-6-11/h2-5,13H,6-7,11H2,1H3,(H,12,14). The van der Waals surface area contributed by atoms with E-state index in [-0.39, 0.29) is 5.91 Å². The fourth-order valence-corrected chi connectivity index (χ4v) is 1.76. The summed E-state index contributed by atoms with van der Waals surface area (Å²) in [5, 5.41) is 2.61. The lowest BCUT2D eigenvalue weighted by Crippen LogP contribution is -2.28. The predicted molar refractivity (Wildman–Crippen MR) is 66.3 cm³/mol. The number of carbonyl (C=O) groups is 1. The number of carbonyl (C=O) groups excluding carboxylic acids is 1. The van der Waals surface area contributed by atoms with Crippen LogP contribution in [0, 0.1) is 0 Å². The van der Waals surface area contributed by atoms with Gasteiger partial charge in [0.25, 0.3) is 5.91 Å². The van der Waals surface area contributed by atoms with Crippen molar-refractivity contribution in [1.82, 2.24) is 5.32 Å². The van der Waals surface area contributed by atoms with Gasteiger partial charge in [-0.2, -0.15) is 0 Å². The van der Waals surface area contributed by atoms with E-state index in [1.165, 1.54) is 12.1 Å². The molecule has 1 aromatic carbocycles. The van der Waals surface area contributed by atoms with Crippen LogP contribution in [-0.2, 0) is 10.0 Å². The Labute approximate surface area is 100 Å². The molecule has 7 heteroatoms. The van der Waals surface area contributed by atoms with Gasteiger partial charge in [-0.15, -0.1) is 0 Å². The van der Waals surface area contributed by atoms with Crippen LogP contribution < -0.4 is 15.8 Å². The summed E-state index contributed by atoms with van der Waals surface area (Å²) in [5.74, 6) is -0.235. The van der Waals surface area contributed by atoms with E-state index in [9.17, 15) is 13.2 Å². The Balaban J connectivity index is 2.71. The van der Waals surface area contributed by atoms with Gasteiger partial charge in [-0.05, 0) is 24.3 Å². The number of benzene rings is 1. The molecule has 0 fully saturated rings. The first-order chi connectivity index (χ1) is 7.92. The molecule has 0 bridgehead atoms. The molecule has 0 aliphatic heterocycles. The predicted octanol–water partition coefficient (Wildman–Crippen LogP) is -0.253. The van der Waals surface area contributed by atoms with Crippen molar-refractivity contribution in [1.29, 1.82) is 0 Å². The van der Waals surface area contributed by atoms with Gasteiger partial charge in [-0.3, -0.25) is 9.52 Å². The minimum Gasteiger partial charge on any atom is -0.351 e. The highest BCUT2D eigenvalue weighted by atomic mass is 32.2. The van der Waals surface area contributed by atoms with Crippen LogP contribution in [0.3, 0.4) is 0 Å². The summed E-state index contributed by atoms with van der Waals surface area (Å²) in [5.41, 5.74) is 6.13. The topological polar surface area (TPSA) is 101 Å². The monoisotopic (exact) mass is 257 g/mol. The van der Waals surface area contributed by atoms with Crippen LogP contribution in [0.15, 0.2) is 24.3 Å². The molecule has 0 aromatic heterocycles. The van der Waals surface area contributed by atoms with Gasteiger partial charge in [0.2, 0.25) is 10.0 Å². The highest BCUT2D eigenvalue weighted by molar-refractivity contribution is 7.92. The fraction of sp³-hybridized carbons (Fsp3) is 0.300. The lowest BCUT2D eigenvalue weighted by Gasteiger charge is -2.06. The summed E-state index contributed by atoms with van der Waals surface area (Å²) < 4.78 is 24.2. The average molecular weight is 257 g/mol. The van der Waals surface area contributed by atoms with E-state index in [4.69, 9.17) is 5.73 Å². The number of hydrogen-bond donors (Lipinski definition) is 3. The van der Waals surface area contributed by atoms with Crippen molar-refractivity contribution in [3.63, 3.8) is 0 Å². The maximum absolute atomic E-state index is 11.5. The molecule has 0 saturated carbocycles. The zero-order chi connectivity index (χ0) is 12.9. The molecule has 1 rings (SSSR count). The van der Waals surface area contributed by atoms with E-state index in [1.54, 1.807) is 12.1 Å². The molecule has 0 spiro atoms. The number of amides is 1. The molecule has 4 N–H and O–H groups in total. The van der Waals surface area contributed by atoms with E-state index in [2.05, 4.69) is 10.0 Å². The molecule has 0 radical (unpaired) electrons. The van der Waals surface area contributed by atoms with Gasteiger partial charge in [0, 0.05) is 24.3 Å². The third kappa shape index (κ3) is 4.83. The normalized spacial score (nSPS) is 10.9. The van der Waals surface area contributed by atoms with Crippen LogP contribution >= 0.6 is 0 Å². The number of hydrogen-bond acceptors (Lipinski definition) is 4. The third-order valence-electron chi connectivity index (χ3n) is 1.88. The largest absolute Gasteiger partial charge is 0.351 e. The fourth-order valence-electron chi connectivity index (χ4n) is 1.19. The molecule has 0 aliphatic carbocycles. The van der Waals surface area contributed by atoms with Gasteiger partial charge in [-0.25, -0.2) is 8.42 Å². The zero-order valence-corrected chi connectivity index (χ0v) is 10.3. The molecule has 0 heterocycles. The van der Waals surface area contributed by atoms with E-state index < -0.39 is 10.0 Å². The Bertz CT molecular complexity index is 482. The molecule has 0 atom stereocenters. The first-order valence-electron chi connectivity index (χ1n) is 4.98. The van der Waals surface area contributed by atoms with Crippen molar-refractivity contribution in [3.8, 4) is 0 Å². The van der Waals surface area contributed by atoms with E-state index in [1.807, 2.05) is 0 Å². The Kier molecular flexibility index (Phi) is 4.47. The van der Waals surface area contributed by atoms with Gasteiger partial charge in [0.15, 0.2) is 0 Å². The zero-order valence-electron chi connectivity index (χ0n) is 9.43. The Morgan fingerprint density at radius 2 is 1.88 bits per heavy atom. The van der Waals surface area contributed by atoms with E-state index in [0.29, 0.717) is 24.3 Å². The molecule has 1 aromatic rings. The van der Waals surface area contributed by atoms with Crippen molar-refractivity contribution in [3.05, 3.63) is 29.8 Å². The smallest absolute Gasteiger partial charge is 0.251 e. The molecular formula is C10H15N3O3S. The Morgan fingerprint density at radius 3 is 2.35 bits per heavy atom. The number of sulfonamides is 1. The van der Waals surface area contributed by atoms with Crippen LogP contribution in [0.5, 0.6) is 0 Å². The molecule has 94 valence electrons. The van der Waals surface area contributed by atoms with Crippen LogP contribution in [0.1, 0.15) is 10.4 Å². The molecule has 0 unspecified atom stereocenters. The van der Waals surface area contributed by atoms with Crippen molar-refractivity contribution < 1.29 is 13.2 Å². The average Bonchev–Trinajstić information content (AvgIpc) is 2.24. The van der Waals surface area contributed by atoms with Gasteiger partial charge < -0.3 is 11.1 Å². The van der Waals surface area contributed by atoms with E-state index >= 15 is 0 Å². The first kappa shape index (κ1) is 13.5. The summed E-state index contributed by atoms with van der Waals surface area (Å²) in [7, 11) is -3.29.